The number of morpholine rings is 1. The largest absolute Gasteiger partial charge is 0.375 e. The first kappa shape index (κ1) is 13.8. The highest BCUT2D eigenvalue weighted by Crippen LogP contribution is 2.13. The fourth-order valence-electron chi connectivity index (χ4n) is 1.79. The summed E-state index contributed by atoms with van der Waals surface area (Å²) >= 11 is 1.72. The van der Waals surface area contributed by atoms with E-state index in [1.165, 1.54) is 0 Å². The minimum absolute atomic E-state index is 0.0664. The SMILES string of the molecule is CSCC[C@@H](N)C(=O)N1CC(C)OCC1C. The molecule has 0 saturated carbocycles. The topological polar surface area (TPSA) is 55.6 Å². The quantitative estimate of drug-likeness (QED) is 0.793. The monoisotopic (exact) mass is 246 g/mol. The summed E-state index contributed by atoms with van der Waals surface area (Å²) in [5.41, 5.74) is 5.90. The third kappa shape index (κ3) is 3.64. The second-order valence-corrected chi connectivity index (χ2v) is 5.36. The van der Waals surface area contributed by atoms with Gasteiger partial charge in [0.1, 0.15) is 0 Å². The van der Waals surface area contributed by atoms with Crippen LogP contribution < -0.4 is 5.73 Å². The number of amides is 1. The van der Waals surface area contributed by atoms with Gasteiger partial charge >= 0.3 is 0 Å². The number of hydrogen-bond donors (Lipinski definition) is 1. The Balaban J connectivity index is 2.50. The number of hydrogen-bond acceptors (Lipinski definition) is 4. The van der Waals surface area contributed by atoms with Gasteiger partial charge in [-0.3, -0.25) is 4.79 Å². The maximum Gasteiger partial charge on any atom is 0.239 e. The minimum atomic E-state index is -0.361. The number of nitrogens with two attached hydrogens (primary N) is 1. The molecule has 1 rings (SSSR count). The summed E-state index contributed by atoms with van der Waals surface area (Å²) in [5.74, 6) is 0.998. The van der Waals surface area contributed by atoms with E-state index < -0.39 is 0 Å². The van der Waals surface area contributed by atoms with Crippen LogP contribution in [0.4, 0.5) is 0 Å². The molecule has 1 fully saturated rings. The van der Waals surface area contributed by atoms with Gasteiger partial charge in [-0.1, -0.05) is 0 Å². The van der Waals surface area contributed by atoms with Crippen molar-refractivity contribution in [1.82, 2.24) is 4.90 Å². The molecule has 16 heavy (non-hydrogen) atoms. The predicted octanol–water partition coefficient (Wildman–Crippen LogP) is 0.703. The van der Waals surface area contributed by atoms with E-state index in [9.17, 15) is 4.79 Å². The Hall–Kier alpha value is -0.260. The molecular formula is C11H22N2O2S. The highest BCUT2D eigenvalue weighted by molar-refractivity contribution is 7.98. The first-order valence-electron chi connectivity index (χ1n) is 5.72. The van der Waals surface area contributed by atoms with Gasteiger partial charge in [0.15, 0.2) is 0 Å². The Labute approximate surface area is 102 Å². The summed E-state index contributed by atoms with van der Waals surface area (Å²) in [6, 6.07) is -0.218. The van der Waals surface area contributed by atoms with Crippen molar-refractivity contribution in [1.29, 1.82) is 0 Å². The van der Waals surface area contributed by atoms with Gasteiger partial charge in [-0.25, -0.2) is 0 Å². The van der Waals surface area contributed by atoms with Gasteiger partial charge in [0, 0.05) is 6.54 Å². The van der Waals surface area contributed by atoms with E-state index >= 15 is 0 Å². The molecule has 1 aliphatic heterocycles. The molecule has 0 aromatic rings. The number of rotatable bonds is 4. The van der Waals surface area contributed by atoms with E-state index in [0.29, 0.717) is 13.2 Å². The lowest BCUT2D eigenvalue weighted by Crippen LogP contribution is -2.55. The van der Waals surface area contributed by atoms with Crippen molar-refractivity contribution in [3.05, 3.63) is 0 Å². The summed E-state index contributed by atoms with van der Waals surface area (Å²) in [7, 11) is 0. The first-order valence-corrected chi connectivity index (χ1v) is 7.12. The van der Waals surface area contributed by atoms with Crippen LogP contribution in [0.25, 0.3) is 0 Å². The van der Waals surface area contributed by atoms with Gasteiger partial charge in [-0.2, -0.15) is 11.8 Å². The number of carbonyl (C=O) groups excluding carboxylic acids is 1. The Morgan fingerprint density at radius 1 is 1.62 bits per heavy atom. The lowest BCUT2D eigenvalue weighted by molar-refractivity contribution is -0.144. The van der Waals surface area contributed by atoms with Gasteiger partial charge in [-0.05, 0) is 32.3 Å². The Bertz CT molecular complexity index is 238. The third-order valence-corrected chi connectivity index (χ3v) is 3.49. The number of carbonyl (C=O) groups is 1. The van der Waals surface area contributed by atoms with E-state index in [-0.39, 0.29) is 24.1 Å². The van der Waals surface area contributed by atoms with Gasteiger partial charge in [0.25, 0.3) is 0 Å². The zero-order valence-electron chi connectivity index (χ0n) is 10.3. The fourth-order valence-corrected chi connectivity index (χ4v) is 2.28. The standard InChI is InChI=1S/C11H22N2O2S/c1-8-7-15-9(2)6-13(8)11(14)10(12)4-5-16-3/h8-10H,4-7,12H2,1-3H3/t8?,9?,10-/m1/s1. The predicted molar refractivity (Wildman–Crippen MR) is 67.6 cm³/mol. The van der Waals surface area contributed by atoms with E-state index in [1.54, 1.807) is 11.8 Å². The van der Waals surface area contributed by atoms with Crippen LogP contribution in [-0.4, -0.2) is 54.2 Å². The van der Waals surface area contributed by atoms with Gasteiger partial charge < -0.3 is 15.4 Å². The molecule has 1 heterocycles. The van der Waals surface area contributed by atoms with Crippen molar-refractivity contribution in [3.8, 4) is 0 Å². The molecule has 4 nitrogen and oxygen atoms in total. The van der Waals surface area contributed by atoms with Crippen LogP contribution in [0.1, 0.15) is 20.3 Å². The second-order valence-electron chi connectivity index (χ2n) is 4.37. The zero-order valence-corrected chi connectivity index (χ0v) is 11.1. The van der Waals surface area contributed by atoms with Crippen LogP contribution in [0.15, 0.2) is 0 Å². The number of ether oxygens (including phenoxy) is 1. The van der Waals surface area contributed by atoms with Crippen molar-refractivity contribution in [2.45, 2.75) is 38.5 Å². The molecule has 0 aliphatic carbocycles. The fraction of sp³-hybridized carbons (Fsp3) is 0.909. The average molecular weight is 246 g/mol. The molecular weight excluding hydrogens is 224 g/mol. The average Bonchev–Trinajstić information content (AvgIpc) is 2.28. The Morgan fingerprint density at radius 3 is 2.94 bits per heavy atom. The van der Waals surface area contributed by atoms with E-state index in [2.05, 4.69) is 0 Å². The van der Waals surface area contributed by atoms with Crippen LogP contribution in [0.5, 0.6) is 0 Å². The van der Waals surface area contributed by atoms with Crippen LogP contribution in [0, 0.1) is 0 Å². The van der Waals surface area contributed by atoms with Crippen molar-refractivity contribution in [2.75, 3.05) is 25.2 Å². The number of nitrogens with zero attached hydrogens (tertiary/aromatic N) is 1. The van der Waals surface area contributed by atoms with E-state index in [0.717, 1.165) is 12.2 Å². The van der Waals surface area contributed by atoms with Crippen molar-refractivity contribution in [2.24, 2.45) is 5.73 Å². The molecule has 2 N–H and O–H groups in total. The van der Waals surface area contributed by atoms with Crippen LogP contribution in [0.3, 0.4) is 0 Å². The molecule has 0 spiro atoms. The van der Waals surface area contributed by atoms with Crippen molar-refractivity contribution >= 4 is 17.7 Å². The Morgan fingerprint density at radius 2 is 2.31 bits per heavy atom. The third-order valence-electron chi connectivity index (χ3n) is 2.84. The smallest absolute Gasteiger partial charge is 0.239 e. The molecule has 1 saturated heterocycles. The van der Waals surface area contributed by atoms with Crippen LogP contribution >= 0.6 is 11.8 Å². The summed E-state index contributed by atoms with van der Waals surface area (Å²) in [6.07, 6.45) is 2.89. The minimum Gasteiger partial charge on any atom is -0.375 e. The lowest BCUT2D eigenvalue weighted by Gasteiger charge is -2.38. The molecule has 94 valence electrons. The lowest BCUT2D eigenvalue weighted by atomic mass is 10.1. The molecule has 1 aliphatic rings. The summed E-state index contributed by atoms with van der Waals surface area (Å²) in [4.78, 5) is 14.0. The molecule has 5 heteroatoms. The van der Waals surface area contributed by atoms with Crippen molar-refractivity contribution in [3.63, 3.8) is 0 Å². The Kier molecular flexibility index (Phi) is 5.58. The molecule has 2 unspecified atom stereocenters. The van der Waals surface area contributed by atoms with Gasteiger partial charge in [0.2, 0.25) is 5.91 Å². The number of thioether (sulfide) groups is 1. The molecule has 0 aromatic heterocycles. The molecule has 0 radical (unpaired) electrons. The van der Waals surface area contributed by atoms with Crippen LogP contribution in [-0.2, 0) is 9.53 Å². The zero-order chi connectivity index (χ0) is 12.1. The highest BCUT2D eigenvalue weighted by Gasteiger charge is 2.30. The molecule has 0 aromatic carbocycles. The van der Waals surface area contributed by atoms with Gasteiger partial charge in [0.05, 0.1) is 24.8 Å². The molecule has 3 atom stereocenters. The summed E-state index contributed by atoms with van der Waals surface area (Å²) < 4.78 is 5.49. The van der Waals surface area contributed by atoms with E-state index in [4.69, 9.17) is 10.5 Å². The molecule has 1 amide bonds. The summed E-state index contributed by atoms with van der Waals surface area (Å²) in [6.45, 7) is 5.26. The maximum absolute atomic E-state index is 12.1. The van der Waals surface area contributed by atoms with Crippen molar-refractivity contribution < 1.29 is 9.53 Å². The molecule has 0 bridgehead atoms. The second kappa shape index (κ2) is 6.47. The summed E-state index contributed by atoms with van der Waals surface area (Å²) in [5, 5.41) is 0. The first-order chi connectivity index (χ1) is 7.56. The maximum atomic E-state index is 12.1. The highest BCUT2D eigenvalue weighted by atomic mass is 32.2. The van der Waals surface area contributed by atoms with Gasteiger partial charge in [-0.15, -0.1) is 0 Å². The van der Waals surface area contributed by atoms with Crippen LogP contribution in [0.2, 0.25) is 0 Å². The van der Waals surface area contributed by atoms with E-state index in [1.807, 2.05) is 25.0 Å². The normalized spacial score (nSPS) is 27.9.